The van der Waals surface area contributed by atoms with Crippen molar-refractivity contribution in [2.75, 3.05) is 20.2 Å². The minimum atomic E-state index is 0.146. The minimum absolute atomic E-state index is 0.146. The van der Waals surface area contributed by atoms with E-state index >= 15 is 0 Å². The highest BCUT2D eigenvalue weighted by atomic mass is 16.5. The predicted molar refractivity (Wildman–Crippen MR) is 59.7 cm³/mol. The summed E-state index contributed by atoms with van der Waals surface area (Å²) in [7, 11) is 1.67. The standard InChI is InChI=1S/C11H22N2O2/c1-9(15-2)5-6-11(14)13-10-4-3-7-12-8-10/h9-10,12H,3-8H2,1-2H3,(H,13,14)/t9?,10-/m1/s1. The lowest BCUT2D eigenvalue weighted by molar-refractivity contribution is -0.122. The predicted octanol–water partition coefficient (Wildman–Crippen LogP) is 0.670. The lowest BCUT2D eigenvalue weighted by atomic mass is 10.1. The topological polar surface area (TPSA) is 50.4 Å². The van der Waals surface area contributed by atoms with Crippen LogP contribution < -0.4 is 10.6 Å². The van der Waals surface area contributed by atoms with Crippen molar-refractivity contribution in [1.29, 1.82) is 0 Å². The fourth-order valence-corrected chi connectivity index (χ4v) is 1.73. The van der Waals surface area contributed by atoms with Gasteiger partial charge in [-0.15, -0.1) is 0 Å². The smallest absolute Gasteiger partial charge is 0.220 e. The monoisotopic (exact) mass is 214 g/mol. The summed E-state index contributed by atoms with van der Waals surface area (Å²) in [6.45, 7) is 3.97. The number of methoxy groups -OCH3 is 1. The average Bonchev–Trinajstić information content (AvgIpc) is 2.27. The maximum absolute atomic E-state index is 11.5. The summed E-state index contributed by atoms with van der Waals surface area (Å²) in [5, 5.41) is 6.32. The molecular weight excluding hydrogens is 192 g/mol. The van der Waals surface area contributed by atoms with Crippen LogP contribution in [0.15, 0.2) is 0 Å². The number of hydrogen-bond donors (Lipinski definition) is 2. The van der Waals surface area contributed by atoms with Gasteiger partial charge in [-0.05, 0) is 32.7 Å². The van der Waals surface area contributed by atoms with E-state index in [1.807, 2.05) is 6.92 Å². The third-order valence-corrected chi connectivity index (χ3v) is 2.84. The van der Waals surface area contributed by atoms with Crippen molar-refractivity contribution in [2.24, 2.45) is 0 Å². The highest BCUT2D eigenvalue weighted by molar-refractivity contribution is 5.76. The Bertz CT molecular complexity index is 191. The van der Waals surface area contributed by atoms with Crippen molar-refractivity contribution < 1.29 is 9.53 Å². The quantitative estimate of drug-likeness (QED) is 0.707. The summed E-state index contributed by atoms with van der Waals surface area (Å²) >= 11 is 0. The molecule has 0 bridgehead atoms. The molecule has 0 aromatic carbocycles. The molecule has 88 valence electrons. The van der Waals surface area contributed by atoms with Crippen LogP contribution in [0.1, 0.15) is 32.6 Å². The lowest BCUT2D eigenvalue weighted by Crippen LogP contribution is -2.45. The number of carbonyl (C=O) groups is 1. The molecule has 0 aromatic heterocycles. The number of piperidine rings is 1. The zero-order valence-electron chi connectivity index (χ0n) is 9.71. The molecule has 4 nitrogen and oxygen atoms in total. The Morgan fingerprint density at radius 3 is 3.07 bits per heavy atom. The molecule has 2 N–H and O–H groups in total. The normalized spacial score (nSPS) is 23.5. The highest BCUT2D eigenvalue weighted by Gasteiger charge is 2.15. The third-order valence-electron chi connectivity index (χ3n) is 2.84. The summed E-state index contributed by atoms with van der Waals surface area (Å²) in [6, 6.07) is 0.323. The van der Waals surface area contributed by atoms with Gasteiger partial charge < -0.3 is 15.4 Å². The van der Waals surface area contributed by atoms with Gasteiger partial charge in [0.2, 0.25) is 5.91 Å². The van der Waals surface area contributed by atoms with Crippen LogP contribution in [0.5, 0.6) is 0 Å². The lowest BCUT2D eigenvalue weighted by Gasteiger charge is -2.24. The minimum Gasteiger partial charge on any atom is -0.382 e. The first kappa shape index (κ1) is 12.5. The van der Waals surface area contributed by atoms with Gasteiger partial charge in [-0.1, -0.05) is 0 Å². The highest BCUT2D eigenvalue weighted by Crippen LogP contribution is 2.04. The molecule has 1 aliphatic heterocycles. The van der Waals surface area contributed by atoms with Crippen LogP contribution in [0, 0.1) is 0 Å². The van der Waals surface area contributed by atoms with Gasteiger partial charge in [-0.3, -0.25) is 4.79 Å². The van der Waals surface area contributed by atoms with Gasteiger partial charge in [0.1, 0.15) is 0 Å². The average molecular weight is 214 g/mol. The van der Waals surface area contributed by atoms with Gasteiger partial charge in [0.15, 0.2) is 0 Å². The van der Waals surface area contributed by atoms with Gasteiger partial charge in [0, 0.05) is 26.1 Å². The molecule has 0 aliphatic carbocycles. The zero-order chi connectivity index (χ0) is 11.1. The van der Waals surface area contributed by atoms with Gasteiger partial charge >= 0.3 is 0 Å². The molecule has 1 unspecified atom stereocenters. The van der Waals surface area contributed by atoms with E-state index in [4.69, 9.17) is 4.74 Å². The first-order valence-electron chi connectivity index (χ1n) is 5.75. The van der Waals surface area contributed by atoms with E-state index in [0.29, 0.717) is 12.5 Å². The van der Waals surface area contributed by atoms with Crippen LogP contribution in [-0.4, -0.2) is 38.3 Å². The van der Waals surface area contributed by atoms with Crippen molar-refractivity contribution in [3.8, 4) is 0 Å². The third kappa shape index (κ3) is 5.14. The Labute approximate surface area is 91.8 Å². The summed E-state index contributed by atoms with van der Waals surface area (Å²) in [5.74, 6) is 0.146. The van der Waals surface area contributed by atoms with Gasteiger partial charge in [-0.25, -0.2) is 0 Å². The second kappa shape index (κ2) is 6.80. The number of nitrogens with one attached hydrogen (secondary N) is 2. The molecule has 2 atom stereocenters. The number of carbonyl (C=O) groups excluding carboxylic acids is 1. The van der Waals surface area contributed by atoms with Gasteiger partial charge in [0.05, 0.1) is 6.10 Å². The van der Waals surface area contributed by atoms with Gasteiger partial charge in [0.25, 0.3) is 0 Å². The van der Waals surface area contributed by atoms with Crippen LogP contribution in [0.4, 0.5) is 0 Å². The van der Waals surface area contributed by atoms with Crippen LogP contribution in [0.2, 0.25) is 0 Å². The molecule has 15 heavy (non-hydrogen) atoms. The molecule has 0 saturated carbocycles. The molecule has 1 saturated heterocycles. The number of amides is 1. The van der Waals surface area contributed by atoms with E-state index < -0.39 is 0 Å². The van der Waals surface area contributed by atoms with Crippen molar-refractivity contribution in [3.05, 3.63) is 0 Å². The van der Waals surface area contributed by atoms with E-state index in [9.17, 15) is 4.79 Å². The van der Waals surface area contributed by atoms with Crippen LogP contribution in [0.25, 0.3) is 0 Å². The maximum Gasteiger partial charge on any atom is 0.220 e. The van der Waals surface area contributed by atoms with Gasteiger partial charge in [-0.2, -0.15) is 0 Å². The first-order valence-corrected chi connectivity index (χ1v) is 5.75. The van der Waals surface area contributed by atoms with E-state index in [-0.39, 0.29) is 12.0 Å². The summed E-state index contributed by atoms with van der Waals surface area (Å²) < 4.78 is 5.10. The molecule has 0 radical (unpaired) electrons. The summed E-state index contributed by atoms with van der Waals surface area (Å²) in [4.78, 5) is 11.5. The molecular formula is C11H22N2O2. The second-order valence-corrected chi connectivity index (χ2v) is 4.20. The fraction of sp³-hybridized carbons (Fsp3) is 0.909. The molecule has 1 amide bonds. The zero-order valence-corrected chi connectivity index (χ0v) is 9.71. The Balaban J connectivity index is 2.11. The van der Waals surface area contributed by atoms with Crippen molar-refractivity contribution in [3.63, 3.8) is 0 Å². The Kier molecular flexibility index (Phi) is 5.65. The summed E-state index contributed by atoms with van der Waals surface area (Å²) in [5.41, 5.74) is 0. The summed E-state index contributed by atoms with van der Waals surface area (Å²) in [6.07, 6.45) is 3.77. The molecule has 1 fully saturated rings. The molecule has 4 heteroatoms. The Morgan fingerprint density at radius 1 is 1.67 bits per heavy atom. The Morgan fingerprint density at radius 2 is 2.47 bits per heavy atom. The van der Waals surface area contributed by atoms with Crippen LogP contribution in [0.3, 0.4) is 0 Å². The largest absolute Gasteiger partial charge is 0.382 e. The fourth-order valence-electron chi connectivity index (χ4n) is 1.73. The van der Waals surface area contributed by atoms with Crippen LogP contribution in [-0.2, 0) is 9.53 Å². The first-order chi connectivity index (χ1) is 7.22. The molecule has 1 aliphatic rings. The number of ether oxygens (including phenoxy) is 1. The van der Waals surface area contributed by atoms with E-state index in [0.717, 1.165) is 32.4 Å². The van der Waals surface area contributed by atoms with Crippen LogP contribution >= 0.6 is 0 Å². The second-order valence-electron chi connectivity index (χ2n) is 4.20. The maximum atomic E-state index is 11.5. The molecule has 0 aromatic rings. The van der Waals surface area contributed by atoms with Crippen molar-refractivity contribution in [2.45, 2.75) is 44.8 Å². The molecule has 1 rings (SSSR count). The number of hydrogen-bond acceptors (Lipinski definition) is 3. The van der Waals surface area contributed by atoms with Crippen molar-refractivity contribution >= 4 is 5.91 Å². The van der Waals surface area contributed by atoms with Crippen molar-refractivity contribution in [1.82, 2.24) is 10.6 Å². The SMILES string of the molecule is COC(C)CCC(=O)N[C@@H]1CCCNC1. The van der Waals surface area contributed by atoms with E-state index in [2.05, 4.69) is 10.6 Å². The Hall–Kier alpha value is -0.610. The van der Waals surface area contributed by atoms with E-state index in [1.165, 1.54) is 0 Å². The number of rotatable bonds is 5. The molecule has 0 spiro atoms. The molecule has 1 heterocycles. The van der Waals surface area contributed by atoms with E-state index in [1.54, 1.807) is 7.11 Å².